The van der Waals surface area contributed by atoms with Crippen LogP contribution in [0, 0.1) is 12.8 Å². The number of aromatic amines is 1. The summed E-state index contributed by atoms with van der Waals surface area (Å²) in [5.74, 6) is 1.00. The zero-order chi connectivity index (χ0) is 19.6. The van der Waals surface area contributed by atoms with Crippen LogP contribution in [0.3, 0.4) is 0 Å². The molecule has 0 radical (unpaired) electrons. The van der Waals surface area contributed by atoms with Crippen LogP contribution < -0.4 is 5.56 Å². The summed E-state index contributed by atoms with van der Waals surface area (Å²) in [5, 5.41) is 0. The lowest BCUT2D eigenvalue weighted by atomic mass is 9.90. The Kier molecular flexibility index (Phi) is 5.49. The molecular weight excluding hydrogens is 338 g/mol. The summed E-state index contributed by atoms with van der Waals surface area (Å²) in [6.07, 6.45) is 2.97. The SMILES string of the molecule is Cc1nc(C(C)(C)C)[nH]c(=O)c1C(=O)N1CCC(Cc2ccccc2)CC1. The Balaban J connectivity index is 1.68. The number of piperidine rings is 1. The molecule has 0 atom stereocenters. The van der Waals surface area contributed by atoms with Crippen molar-refractivity contribution >= 4 is 5.91 Å². The van der Waals surface area contributed by atoms with Gasteiger partial charge in [0.05, 0.1) is 5.69 Å². The molecule has 0 bridgehead atoms. The molecule has 1 N–H and O–H groups in total. The number of aryl methyl sites for hydroxylation is 1. The van der Waals surface area contributed by atoms with Crippen molar-refractivity contribution in [2.75, 3.05) is 13.1 Å². The Morgan fingerprint density at radius 2 is 1.81 bits per heavy atom. The summed E-state index contributed by atoms with van der Waals surface area (Å²) >= 11 is 0. The Labute approximate surface area is 160 Å². The van der Waals surface area contributed by atoms with Crippen LogP contribution in [0.15, 0.2) is 35.1 Å². The summed E-state index contributed by atoms with van der Waals surface area (Å²) in [4.78, 5) is 34.6. The Bertz CT molecular complexity index is 857. The molecular formula is C22H29N3O2. The molecule has 1 amide bonds. The molecule has 0 spiro atoms. The number of likely N-dealkylation sites (tertiary alicyclic amines) is 1. The molecule has 27 heavy (non-hydrogen) atoms. The number of aromatic nitrogens is 2. The number of H-pyrrole nitrogens is 1. The maximum Gasteiger partial charge on any atom is 0.264 e. The highest BCUT2D eigenvalue weighted by Gasteiger charge is 2.28. The Hall–Kier alpha value is -2.43. The van der Waals surface area contributed by atoms with E-state index < -0.39 is 0 Å². The number of hydrogen-bond donors (Lipinski definition) is 1. The topological polar surface area (TPSA) is 66.1 Å². The number of benzene rings is 1. The fraction of sp³-hybridized carbons (Fsp3) is 0.500. The van der Waals surface area contributed by atoms with Gasteiger partial charge in [-0.25, -0.2) is 4.98 Å². The van der Waals surface area contributed by atoms with Gasteiger partial charge in [0.25, 0.3) is 11.5 Å². The van der Waals surface area contributed by atoms with Gasteiger partial charge in [-0.05, 0) is 37.7 Å². The molecule has 1 fully saturated rings. The third kappa shape index (κ3) is 4.46. The van der Waals surface area contributed by atoms with Crippen LogP contribution in [0.1, 0.15) is 61.1 Å². The largest absolute Gasteiger partial charge is 0.338 e. The van der Waals surface area contributed by atoms with Crippen molar-refractivity contribution in [2.45, 2.75) is 52.4 Å². The first-order valence-electron chi connectivity index (χ1n) is 9.70. The van der Waals surface area contributed by atoms with Gasteiger partial charge in [0, 0.05) is 18.5 Å². The molecule has 1 aliphatic rings. The summed E-state index contributed by atoms with van der Waals surface area (Å²) < 4.78 is 0. The minimum absolute atomic E-state index is 0.185. The number of hydrogen-bond acceptors (Lipinski definition) is 3. The normalized spacial score (nSPS) is 15.8. The molecule has 2 aromatic rings. The van der Waals surface area contributed by atoms with E-state index in [1.54, 1.807) is 11.8 Å². The van der Waals surface area contributed by atoms with Crippen molar-refractivity contribution in [2.24, 2.45) is 5.92 Å². The van der Waals surface area contributed by atoms with Gasteiger partial charge in [0.2, 0.25) is 0 Å². The standard InChI is InChI=1S/C22H29N3O2/c1-15-18(19(26)24-21(23-15)22(2,3)4)20(27)25-12-10-17(11-13-25)14-16-8-6-5-7-9-16/h5-9,17H,10-14H2,1-4H3,(H,23,24,26). The van der Waals surface area contributed by atoms with Crippen molar-refractivity contribution in [1.82, 2.24) is 14.9 Å². The lowest BCUT2D eigenvalue weighted by Crippen LogP contribution is -2.42. The van der Waals surface area contributed by atoms with E-state index in [2.05, 4.69) is 34.2 Å². The smallest absolute Gasteiger partial charge is 0.264 e. The third-order valence-corrected chi connectivity index (χ3v) is 5.29. The van der Waals surface area contributed by atoms with Crippen LogP contribution in [0.25, 0.3) is 0 Å². The third-order valence-electron chi connectivity index (χ3n) is 5.29. The second-order valence-electron chi connectivity index (χ2n) is 8.55. The molecule has 0 aliphatic carbocycles. The molecule has 5 heteroatoms. The van der Waals surface area contributed by atoms with Gasteiger partial charge in [-0.3, -0.25) is 9.59 Å². The lowest BCUT2D eigenvalue weighted by molar-refractivity contribution is 0.0687. The fourth-order valence-electron chi connectivity index (χ4n) is 3.64. The monoisotopic (exact) mass is 367 g/mol. The Morgan fingerprint density at radius 1 is 1.19 bits per heavy atom. The van der Waals surface area contributed by atoms with E-state index in [1.807, 2.05) is 26.8 Å². The van der Waals surface area contributed by atoms with Gasteiger partial charge in [0.1, 0.15) is 11.4 Å². The number of carbonyl (C=O) groups excluding carboxylic acids is 1. The number of carbonyl (C=O) groups is 1. The van der Waals surface area contributed by atoms with E-state index >= 15 is 0 Å². The molecule has 0 saturated carbocycles. The van der Waals surface area contributed by atoms with Crippen molar-refractivity contribution in [1.29, 1.82) is 0 Å². The first-order chi connectivity index (χ1) is 12.8. The highest BCUT2D eigenvalue weighted by atomic mass is 16.2. The van der Waals surface area contributed by atoms with Crippen LogP contribution in [-0.2, 0) is 11.8 Å². The van der Waals surface area contributed by atoms with Crippen molar-refractivity contribution in [3.8, 4) is 0 Å². The van der Waals surface area contributed by atoms with E-state index in [1.165, 1.54) is 5.56 Å². The fourth-order valence-corrected chi connectivity index (χ4v) is 3.64. The van der Waals surface area contributed by atoms with E-state index in [0.29, 0.717) is 30.5 Å². The van der Waals surface area contributed by atoms with Crippen LogP contribution in [0.5, 0.6) is 0 Å². The summed E-state index contributed by atoms with van der Waals surface area (Å²) in [7, 11) is 0. The average Bonchev–Trinajstić information content (AvgIpc) is 2.61. The van der Waals surface area contributed by atoms with Crippen LogP contribution in [-0.4, -0.2) is 33.9 Å². The van der Waals surface area contributed by atoms with E-state index in [9.17, 15) is 9.59 Å². The predicted molar refractivity (Wildman–Crippen MR) is 107 cm³/mol. The molecule has 1 aromatic heterocycles. The summed E-state index contributed by atoms with van der Waals surface area (Å²) in [6, 6.07) is 10.5. The molecule has 1 aliphatic heterocycles. The van der Waals surface area contributed by atoms with E-state index in [-0.39, 0.29) is 22.4 Å². The number of nitrogens with zero attached hydrogens (tertiary/aromatic N) is 2. The van der Waals surface area contributed by atoms with Gasteiger partial charge in [-0.1, -0.05) is 51.1 Å². The minimum atomic E-state index is -0.330. The zero-order valence-corrected chi connectivity index (χ0v) is 16.7. The number of amides is 1. The Morgan fingerprint density at radius 3 is 2.37 bits per heavy atom. The number of rotatable bonds is 3. The molecule has 1 saturated heterocycles. The molecule has 3 rings (SSSR count). The predicted octanol–water partition coefficient (Wildman–Crippen LogP) is 3.47. The second kappa shape index (κ2) is 7.67. The molecule has 5 nitrogen and oxygen atoms in total. The maximum absolute atomic E-state index is 12.9. The van der Waals surface area contributed by atoms with Gasteiger partial charge >= 0.3 is 0 Å². The van der Waals surface area contributed by atoms with Gasteiger partial charge < -0.3 is 9.88 Å². The van der Waals surface area contributed by atoms with Gasteiger partial charge in [0.15, 0.2) is 0 Å². The van der Waals surface area contributed by atoms with Crippen molar-refractivity contribution < 1.29 is 4.79 Å². The quantitative estimate of drug-likeness (QED) is 0.903. The minimum Gasteiger partial charge on any atom is -0.338 e. The number of nitrogens with one attached hydrogen (secondary N) is 1. The van der Waals surface area contributed by atoms with E-state index in [4.69, 9.17) is 0 Å². The molecule has 2 heterocycles. The first-order valence-corrected chi connectivity index (χ1v) is 9.70. The van der Waals surface area contributed by atoms with Crippen LogP contribution >= 0.6 is 0 Å². The summed E-state index contributed by atoms with van der Waals surface area (Å²) in [6.45, 7) is 9.10. The van der Waals surface area contributed by atoms with Crippen molar-refractivity contribution in [3.05, 3.63) is 63.3 Å². The molecule has 1 aromatic carbocycles. The highest BCUT2D eigenvalue weighted by molar-refractivity contribution is 5.94. The van der Waals surface area contributed by atoms with E-state index in [0.717, 1.165) is 19.3 Å². The lowest BCUT2D eigenvalue weighted by Gasteiger charge is -2.32. The first kappa shape index (κ1) is 19.3. The second-order valence-corrected chi connectivity index (χ2v) is 8.55. The highest BCUT2D eigenvalue weighted by Crippen LogP contribution is 2.23. The molecule has 144 valence electrons. The van der Waals surface area contributed by atoms with Gasteiger partial charge in [-0.2, -0.15) is 0 Å². The molecule has 0 unspecified atom stereocenters. The zero-order valence-electron chi connectivity index (χ0n) is 16.7. The van der Waals surface area contributed by atoms with Crippen LogP contribution in [0.2, 0.25) is 0 Å². The van der Waals surface area contributed by atoms with Crippen molar-refractivity contribution in [3.63, 3.8) is 0 Å². The summed E-state index contributed by atoms with van der Waals surface area (Å²) in [5.41, 5.74) is 1.45. The van der Waals surface area contributed by atoms with Gasteiger partial charge in [-0.15, -0.1) is 0 Å². The van der Waals surface area contributed by atoms with Crippen LogP contribution in [0.4, 0.5) is 0 Å². The average molecular weight is 367 g/mol. The maximum atomic E-state index is 12.9.